The number of aryl methyl sites for hydroxylation is 1. The van der Waals surface area contributed by atoms with Crippen LogP contribution in [0.25, 0.3) is 0 Å². The van der Waals surface area contributed by atoms with Crippen LogP contribution in [0, 0.1) is 6.92 Å². The summed E-state index contributed by atoms with van der Waals surface area (Å²) >= 11 is 1.45. The van der Waals surface area contributed by atoms with Crippen molar-refractivity contribution in [3.05, 3.63) is 35.6 Å². The van der Waals surface area contributed by atoms with E-state index in [2.05, 4.69) is 41.3 Å². The Morgan fingerprint density at radius 2 is 1.80 bits per heavy atom. The van der Waals surface area contributed by atoms with Crippen LogP contribution in [0.3, 0.4) is 0 Å². The predicted octanol–water partition coefficient (Wildman–Crippen LogP) is 4.41. The van der Waals surface area contributed by atoms with Crippen molar-refractivity contribution in [1.29, 1.82) is 0 Å². The van der Waals surface area contributed by atoms with Crippen LogP contribution < -0.4 is 4.90 Å². The number of carbonyl (C=O) groups excluding carboxylic acids is 1. The average Bonchev–Trinajstić information content (AvgIpc) is 2.98. The van der Waals surface area contributed by atoms with Crippen molar-refractivity contribution >= 4 is 22.6 Å². The number of hydrogen-bond acceptors (Lipinski definition) is 4. The molecule has 1 aliphatic heterocycles. The van der Waals surface area contributed by atoms with E-state index in [-0.39, 0.29) is 6.03 Å². The summed E-state index contributed by atoms with van der Waals surface area (Å²) in [5, 5.41) is 0.994. The normalized spacial score (nSPS) is 16.7. The van der Waals surface area contributed by atoms with Crippen LogP contribution in [0.1, 0.15) is 44.9 Å². The van der Waals surface area contributed by atoms with Crippen LogP contribution in [0.4, 0.5) is 9.80 Å². The van der Waals surface area contributed by atoms with Crippen LogP contribution in [0.2, 0.25) is 0 Å². The molecule has 2 rings (SSSR count). The lowest BCUT2D eigenvalue weighted by atomic mass is 10.2. The van der Waals surface area contributed by atoms with E-state index in [1.54, 1.807) is 0 Å². The third kappa shape index (κ3) is 4.92. The second kappa shape index (κ2) is 9.73. The van der Waals surface area contributed by atoms with Gasteiger partial charge in [0.15, 0.2) is 0 Å². The van der Waals surface area contributed by atoms with Gasteiger partial charge in [-0.2, -0.15) is 4.37 Å². The zero-order chi connectivity index (χ0) is 18.2. The van der Waals surface area contributed by atoms with Crippen molar-refractivity contribution in [2.24, 2.45) is 0 Å². The molecule has 6 heteroatoms. The molecule has 138 valence electrons. The van der Waals surface area contributed by atoms with Crippen LogP contribution in [-0.4, -0.2) is 46.6 Å². The second-order valence-corrected chi connectivity index (χ2v) is 7.03. The highest BCUT2D eigenvalue weighted by atomic mass is 32.1. The molecule has 1 saturated heterocycles. The predicted molar refractivity (Wildman–Crippen MR) is 106 cm³/mol. The summed E-state index contributed by atoms with van der Waals surface area (Å²) in [6, 6.07) is 0.0983. The Morgan fingerprint density at radius 1 is 1.12 bits per heavy atom. The Kier molecular flexibility index (Phi) is 7.65. The van der Waals surface area contributed by atoms with Gasteiger partial charge in [0.05, 0.1) is 19.0 Å². The summed E-state index contributed by atoms with van der Waals surface area (Å²) in [6.45, 7) is 11.3. The lowest BCUT2D eigenvalue weighted by Crippen LogP contribution is -2.58. The van der Waals surface area contributed by atoms with E-state index < -0.39 is 0 Å². The van der Waals surface area contributed by atoms with Gasteiger partial charge in [0.2, 0.25) is 0 Å². The molecule has 0 unspecified atom stereocenters. The number of rotatable bonds is 8. The molecule has 0 saturated carbocycles. The van der Waals surface area contributed by atoms with Crippen molar-refractivity contribution in [2.75, 3.05) is 31.3 Å². The van der Waals surface area contributed by atoms with Crippen LogP contribution in [-0.2, 0) is 6.42 Å². The third-order valence-electron chi connectivity index (χ3n) is 4.44. The van der Waals surface area contributed by atoms with E-state index in [0.717, 1.165) is 48.6 Å². The molecule has 0 radical (unpaired) electrons. The van der Waals surface area contributed by atoms with Crippen LogP contribution in [0.5, 0.6) is 0 Å². The van der Waals surface area contributed by atoms with E-state index in [4.69, 9.17) is 0 Å². The maximum Gasteiger partial charge on any atom is 0.327 e. The first-order valence-electron chi connectivity index (χ1n) is 9.08. The number of allylic oxidation sites excluding steroid dienone is 2. The minimum absolute atomic E-state index is 0.0983. The molecule has 0 aromatic carbocycles. The topological polar surface area (TPSA) is 39.7 Å². The molecule has 0 N–H and O–H groups in total. The zero-order valence-electron chi connectivity index (χ0n) is 15.9. The Hall–Kier alpha value is -1.66. The number of amides is 2. The first-order valence-corrected chi connectivity index (χ1v) is 9.85. The van der Waals surface area contributed by atoms with E-state index in [1.807, 2.05) is 29.7 Å². The monoisotopic (exact) mass is 362 g/mol. The molecule has 1 fully saturated rings. The van der Waals surface area contributed by atoms with Gasteiger partial charge in [-0.15, -0.1) is 0 Å². The highest BCUT2D eigenvalue weighted by molar-refractivity contribution is 7.10. The summed E-state index contributed by atoms with van der Waals surface area (Å²) < 4.78 is 4.53. The molecule has 25 heavy (non-hydrogen) atoms. The first kappa shape index (κ1) is 19.7. The Bertz CT molecular complexity index is 623. The van der Waals surface area contributed by atoms with Crippen LogP contribution >= 0.6 is 11.5 Å². The van der Waals surface area contributed by atoms with Gasteiger partial charge in [-0.05, 0) is 51.6 Å². The molecule has 1 aromatic rings. The smallest absolute Gasteiger partial charge is 0.311 e. The van der Waals surface area contributed by atoms with E-state index in [9.17, 15) is 4.79 Å². The number of anilines is 1. The molecule has 0 atom stereocenters. The first-order chi connectivity index (χ1) is 12.1. The van der Waals surface area contributed by atoms with Gasteiger partial charge in [0, 0.05) is 18.7 Å². The van der Waals surface area contributed by atoms with Crippen molar-refractivity contribution in [3.8, 4) is 0 Å². The minimum Gasteiger partial charge on any atom is -0.311 e. The van der Waals surface area contributed by atoms with E-state index >= 15 is 0 Å². The van der Waals surface area contributed by atoms with Crippen molar-refractivity contribution in [3.63, 3.8) is 0 Å². The Balaban J connectivity index is 2.19. The molecule has 1 aliphatic rings. The Morgan fingerprint density at radius 3 is 2.40 bits per heavy atom. The number of carbonyl (C=O) groups is 1. The quantitative estimate of drug-likeness (QED) is 0.643. The summed E-state index contributed by atoms with van der Waals surface area (Å²) in [6.07, 6.45) is 11.2. The van der Waals surface area contributed by atoms with Gasteiger partial charge >= 0.3 is 6.03 Å². The van der Waals surface area contributed by atoms with E-state index in [0.29, 0.717) is 13.3 Å². The van der Waals surface area contributed by atoms with E-state index in [1.165, 1.54) is 11.5 Å². The largest absolute Gasteiger partial charge is 0.327 e. The van der Waals surface area contributed by atoms with Gasteiger partial charge in [-0.1, -0.05) is 31.2 Å². The fraction of sp³-hybridized carbons (Fsp3) is 0.579. The molecular weight excluding hydrogens is 332 g/mol. The lowest BCUT2D eigenvalue weighted by Gasteiger charge is -2.41. The second-order valence-electron chi connectivity index (χ2n) is 6.28. The summed E-state index contributed by atoms with van der Waals surface area (Å²) in [4.78, 5) is 19.2. The molecule has 0 bridgehead atoms. The minimum atomic E-state index is 0.0983. The van der Waals surface area contributed by atoms with Crippen LogP contribution in [0.15, 0.2) is 24.3 Å². The number of aromatic nitrogens is 1. The Labute approximate surface area is 155 Å². The fourth-order valence-corrected chi connectivity index (χ4v) is 3.95. The van der Waals surface area contributed by atoms with Gasteiger partial charge in [0.1, 0.15) is 5.00 Å². The SMILES string of the molecule is C/C=C/CCN1CN(CC/C=C/C)C(=O)N(c2snc(CC)c2C)C1. The molecule has 0 aliphatic carbocycles. The standard InChI is InChI=1S/C19H30N4OS/c1-5-8-10-12-21-14-22(13-11-9-6-2)19(24)23(15-21)18-16(4)17(7-3)20-25-18/h5-6,8-9H,7,10-15H2,1-4H3/b8-5+,9-6+. The lowest BCUT2D eigenvalue weighted by molar-refractivity contribution is 0.118. The number of nitrogens with zero attached hydrogens (tertiary/aromatic N) is 4. The molecule has 1 aromatic heterocycles. The van der Waals surface area contributed by atoms with Gasteiger partial charge in [0.25, 0.3) is 0 Å². The number of urea groups is 1. The molecule has 2 heterocycles. The van der Waals surface area contributed by atoms with Gasteiger partial charge in [-0.25, -0.2) is 4.79 Å². The zero-order valence-corrected chi connectivity index (χ0v) is 16.7. The molecule has 2 amide bonds. The summed E-state index contributed by atoms with van der Waals surface area (Å²) in [7, 11) is 0. The molecule has 5 nitrogen and oxygen atoms in total. The maximum absolute atomic E-state index is 13.0. The van der Waals surface area contributed by atoms with Crippen molar-refractivity contribution in [2.45, 2.75) is 47.0 Å². The highest BCUT2D eigenvalue weighted by Crippen LogP contribution is 2.31. The average molecular weight is 363 g/mol. The summed E-state index contributed by atoms with van der Waals surface area (Å²) in [5.74, 6) is 0. The van der Waals surface area contributed by atoms with Crippen molar-refractivity contribution in [1.82, 2.24) is 14.2 Å². The molecular formula is C19H30N4OS. The third-order valence-corrected chi connectivity index (χ3v) is 5.45. The number of hydrogen-bond donors (Lipinski definition) is 0. The molecule has 0 spiro atoms. The van der Waals surface area contributed by atoms with Gasteiger partial charge < -0.3 is 4.90 Å². The summed E-state index contributed by atoms with van der Waals surface area (Å²) in [5.41, 5.74) is 2.24. The van der Waals surface area contributed by atoms with Gasteiger partial charge in [-0.3, -0.25) is 9.80 Å². The maximum atomic E-state index is 13.0. The van der Waals surface area contributed by atoms with Crippen molar-refractivity contribution < 1.29 is 4.79 Å². The fourth-order valence-electron chi connectivity index (χ4n) is 3.00. The highest BCUT2D eigenvalue weighted by Gasteiger charge is 2.32.